The van der Waals surface area contributed by atoms with E-state index in [-0.39, 0.29) is 5.78 Å². The van der Waals surface area contributed by atoms with Gasteiger partial charge in [0.25, 0.3) is 0 Å². The minimum absolute atomic E-state index is 0.200. The molecule has 0 saturated carbocycles. The van der Waals surface area contributed by atoms with Gasteiger partial charge < -0.3 is 0 Å². The highest BCUT2D eigenvalue weighted by Crippen LogP contribution is 2.06. The molecule has 0 aromatic heterocycles. The zero-order valence-electron chi connectivity index (χ0n) is 10.4. The van der Waals surface area contributed by atoms with Crippen molar-refractivity contribution in [1.29, 1.82) is 0 Å². The summed E-state index contributed by atoms with van der Waals surface area (Å²) < 4.78 is 0. The number of ketones is 1. The highest BCUT2D eigenvalue weighted by Gasteiger charge is 2.13. The summed E-state index contributed by atoms with van der Waals surface area (Å²) in [5, 5.41) is 0. The first-order chi connectivity index (χ1) is 7.65. The summed E-state index contributed by atoms with van der Waals surface area (Å²) in [7, 11) is 2.02. The van der Waals surface area contributed by atoms with Gasteiger partial charge in [0.1, 0.15) is 0 Å². The fourth-order valence-electron chi connectivity index (χ4n) is 1.74. The van der Waals surface area contributed by atoms with Crippen molar-refractivity contribution in [3.63, 3.8) is 0 Å². The van der Waals surface area contributed by atoms with Crippen molar-refractivity contribution >= 4 is 5.78 Å². The zero-order chi connectivity index (χ0) is 12.0. The van der Waals surface area contributed by atoms with Crippen molar-refractivity contribution < 1.29 is 4.79 Å². The van der Waals surface area contributed by atoms with Gasteiger partial charge in [0.2, 0.25) is 0 Å². The van der Waals surface area contributed by atoms with Gasteiger partial charge in [-0.2, -0.15) is 0 Å². The smallest absolute Gasteiger partial charge is 0.176 e. The molecule has 0 aliphatic rings. The molecule has 16 heavy (non-hydrogen) atoms. The number of Topliss-reactive ketones (excluding diaryl/α,β-unsaturated/α-hetero) is 1. The highest BCUT2D eigenvalue weighted by atomic mass is 16.1. The minimum Gasteiger partial charge on any atom is -0.296 e. The third-order valence-electron chi connectivity index (χ3n) is 2.95. The van der Waals surface area contributed by atoms with E-state index in [0.717, 1.165) is 18.4 Å². The Morgan fingerprint density at radius 2 is 1.94 bits per heavy atom. The first-order valence-electron chi connectivity index (χ1n) is 5.93. The van der Waals surface area contributed by atoms with Gasteiger partial charge in [0.05, 0.1) is 6.54 Å². The van der Waals surface area contributed by atoms with Gasteiger partial charge in [-0.15, -0.1) is 0 Å². The lowest BCUT2D eigenvalue weighted by Crippen LogP contribution is -2.33. The van der Waals surface area contributed by atoms with Crippen LogP contribution in [-0.4, -0.2) is 30.3 Å². The lowest BCUT2D eigenvalue weighted by atomic mass is 10.1. The maximum atomic E-state index is 11.9. The summed E-state index contributed by atoms with van der Waals surface area (Å²) in [5.74, 6) is 0.200. The Morgan fingerprint density at radius 3 is 2.50 bits per heavy atom. The number of rotatable bonds is 6. The van der Waals surface area contributed by atoms with Crippen molar-refractivity contribution in [3.05, 3.63) is 35.9 Å². The van der Waals surface area contributed by atoms with E-state index in [0.29, 0.717) is 12.6 Å². The third kappa shape index (κ3) is 3.78. The molecule has 2 nitrogen and oxygen atoms in total. The van der Waals surface area contributed by atoms with E-state index in [1.807, 2.05) is 37.4 Å². The molecule has 0 heterocycles. The molecule has 0 aliphatic heterocycles. The molecule has 0 N–H and O–H groups in total. The maximum absolute atomic E-state index is 11.9. The molecule has 1 aromatic carbocycles. The molecule has 1 unspecified atom stereocenters. The number of carbonyl (C=O) groups is 1. The molecule has 0 saturated heterocycles. The Balaban J connectivity index is 2.52. The average Bonchev–Trinajstić information content (AvgIpc) is 2.30. The van der Waals surface area contributed by atoms with Crippen LogP contribution in [0.5, 0.6) is 0 Å². The lowest BCUT2D eigenvalue weighted by Gasteiger charge is -2.23. The van der Waals surface area contributed by atoms with Gasteiger partial charge in [0.15, 0.2) is 5.78 Å². The van der Waals surface area contributed by atoms with Gasteiger partial charge in [-0.25, -0.2) is 0 Å². The molecule has 2 heteroatoms. The average molecular weight is 219 g/mol. The van der Waals surface area contributed by atoms with Crippen LogP contribution in [0.1, 0.15) is 37.0 Å². The Hall–Kier alpha value is -1.15. The molecule has 88 valence electrons. The number of benzene rings is 1. The van der Waals surface area contributed by atoms with Gasteiger partial charge in [-0.05, 0) is 20.4 Å². The third-order valence-corrected chi connectivity index (χ3v) is 2.95. The minimum atomic E-state index is 0.200. The molecular weight excluding hydrogens is 198 g/mol. The molecular formula is C14H21NO. The topological polar surface area (TPSA) is 20.3 Å². The predicted molar refractivity (Wildman–Crippen MR) is 67.8 cm³/mol. The SMILES string of the molecule is CCCC(C)N(C)CC(=O)c1ccccc1. The first-order valence-corrected chi connectivity index (χ1v) is 5.93. The standard InChI is InChI=1S/C14H21NO/c1-4-8-12(2)15(3)11-14(16)13-9-6-5-7-10-13/h5-7,9-10,12H,4,8,11H2,1-3H3. The van der Waals surface area contributed by atoms with Crippen LogP contribution in [0.4, 0.5) is 0 Å². The zero-order valence-corrected chi connectivity index (χ0v) is 10.4. The molecule has 0 fully saturated rings. The van der Waals surface area contributed by atoms with Gasteiger partial charge in [-0.1, -0.05) is 43.7 Å². The molecule has 0 amide bonds. The van der Waals surface area contributed by atoms with Crippen LogP contribution in [0.3, 0.4) is 0 Å². The summed E-state index contributed by atoms with van der Waals surface area (Å²) in [6.07, 6.45) is 2.30. The van der Waals surface area contributed by atoms with Gasteiger partial charge in [-0.3, -0.25) is 9.69 Å². The molecule has 1 aromatic rings. The second-order valence-electron chi connectivity index (χ2n) is 4.34. The normalized spacial score (nSPS) is 12.8. The number of hydrogen-bond donors (Lipinski definition) is 0. The molecule has 0 bridgehead atoms. The van der Waals surface area contributed by atoms with Crippen LogP contribution in [-0.2, 0) is 0 Å². The highest BCUT2D eigenvalue weighted by molar-refractivity contribution is 5.97. The number of hydrogen-bond acceptors (Lipinski definition) is 2. The van der Waals surface area contributed by atoms with Crippen LogP contribution < -0.4 is 0 Å². The van der Waals surface area contributed by atoms with Crippen molar-refractivity contribution in [1.82, 2.24) is 4.90 Å². The van der Waals surface area contributed by atoms with Crippen LogP contribution in [0, 0.1) is 0 Å². The van der Waals surface area contributed by atoms with Crippen molar-refractivity contribution in [2.75, 3.05) is 13.6 Å². The molecule has 1 atom stereocenters. The maximum Gasteiger partial charge on any atom is 0.176 e. The number of likely N-dealkylation sites (N-methyl/N-ethyl adjacent to an activating group) is 1. The van der Waals surface area contributed by atoms with Gasteiger partial charge >= 0.3 is 0 Å². The van der Waals surface area contributed by atoms with E-state index in [9.17, 15) is 4.79 Å². The molecule has 1 rings (SSSR count). The largest absolute Gasteiger partial charge is 0.296 e. The Labute approximate surface area is 98.3 Å². The van der Waals surface area contributed by atoms with Crippen LogP contribution in [0.25, 0.3) is 0 Å². The summed E-state index contributed by atoms with van der Waals surface area (Å²) in [6, 6.07) is 9.96. The van der Waals surface area contributed by atoms with Crippen molar-refractivity contribution in [2.45, 2.75) is 32.7 Å². The summed E-state index contributed by atoms with van der Waals surface area (Å²) in [5.41, 5.74) is 0.804. The fourth-order valence-corrected chi connectivity index (χ4v) is 1.74. The van der Waals surface area contributed by atoms with E-state index in [1.165, 1.54) is 0 Å². The Morgan fingerprint density at radius 1 is 1.31 bits per heavy atom. The monoisotopic (exact) mass is 219 g/mol. The van der Waals surface area contributed by atoms with Crippen LogP contribution in [0.15, 0.2) is 30.3 Å². The summed E-state index contributed by atoms with van der Waals surface area (Å²) >= 11 is 0. The second-order valence-corrected chi connectivity index (χ2v) is 4.34. The Kier molecular flexibility index (Phi) is 5.20. The number of carbonyl (C=O) groups excluding carboxylic acids is 1. The predicted octanol–water partition coefficient (Wildman–Crippen LogP) is 2.99. The second kappa shape index (κ2) is 6.44. The van der Waals surface area contributed by atoms with Crippen LogP contribution >= 0.6 is 0 Å². The van der Waals surface area contributed by atoms with E-state index in [1.54, 1.807) is 0 Å². The quantitative estimate of drug-likeness (QED) is 0.685. The van der Waals surface area contributed by atoms with E-state index in [2.05, 4.69) is 18.7 Å². The van der Waals surface area contributed by atoms with Crippen molar-refractivity contribution in [2.24, 2.45) is 0 Å². The van der Waals surface area contributed by atoms with E-state index in [4.69, 9.17) is 0 Å². The summed E-state index contributed by atoms with van der Waals surface area (Å²) in [4.78, 5) is 14.0. The first kappa shape index (κ1) is 12.9. The van der Waals surface area contributed by atoms with Crippen LogP contribution in [0.2, 0.25) is 0 Å². The fraction of sp³-hybridized carbons (Fsp3) is 0.500. The van der Waals surface area contributed by atoms with Gasteiger partial charge in [0, 0.05) is 11.6 Å². The number of nitrogens with zero attached hydrogens (tertiary/aromatic N) is 1. The van der Waals surface area contributed by atoms with E-state index < -0.39 is 0 Å². The molecule has 0 aliphatic carbocycles. The van der Waals surface area contributed by atoms with Crippen molar-refractivity contribution in [3.8, 4) is 0 Å². The molecule has 0 spiro atoms. The Bertz CT molecular complexity index is 321. The molecule has 0 radical (unpaired) electrons. The van der Waals surface area contributed by atoms with E-state index >= 15 is 0 Å². The summed E-state index contributed by atoms with van der Waals surface area (Å²) in [6.45, 7) is 4.84. The lowest BCUT2D eigenvalue weighted by molar-refractivity contribution is 0.0921.